The third kappa shape index (κ3) is 5.92. The third-order valence-electron chi connectivity index (χ3n) is 4.86. The number of esters is 1. The summed E-state index contributed by atoms with van der Waals surface area (Å²) in [5.41, 5.74) is 5.07. The van der Waals surface area contributed by atoms with E-state index in [1.54, 1.807) is 18.2 Å². The molecule has 2 aromatic carbocycles. The van der Waals surface area contributed by atoms with E-state index in [0.717, 1.165) is 5.56 Å². The van der Waals surface area contributed by atoms with Crippen LogP contribution >= 0.6 is 0 Å². The Labute approximate surface area is 188 Å². The molecule has 0 unspecified atom stereocenters. The molecule has 0 spiro atoms. The summed E-state index contributed by atoms with van der Waals surface area (Å²) in [7, 11) is -0.174. The molecular formula is C25H27FN2O3Si. The number of fused-ring (bicyclic) bond motifs is 1. The van der Waals surface area contributed by atoms with Crippen molar-refractivity contribution < 1.29 is 13.9 Å². The van der Waals surface area contributed by atoms with Crippen molar-refractivity contribution in [3.05, 3.63) is 70.0 Å². The van der Waals surface area contributed by atoms with Gasteiger partial charge in [-0.25, -0.2) is 9.37 Å². The largest absolute Gasteiger partial charge is 0.469 e. The molecular weight excluding hydrogens is 423 g/mol. The average molecular weight is 451 g/mol. The van der Waals surface area contributed by atoms with Crippen LogP contribution in [0.2, 0.25) is 19.6 Å². The van der Waals surface area contributed by atoms with Gasteiger partial charge in [0.15, 0.2) is 0 Å². The van der Waals surface area contributed by atoms with Gasteiger partial charge in [0.1, 0.15) is 19.7 Å². The minimum Gasteiger partial charge on any atom is -0.469 e. The van der Waals surface area contributed by atoms with E-state index in [2.05, 4.69) is 35.8 Å². The number of halogens is 1. The van der Waals surface area contributed by atoms with Crippen LogP contribution in [0, 0.1) is 17.3 Å². The number of ether oxygens (including phenoxy) is 1. The monoisotopic (exact) mass is 450 g/mol. The molecule has 0 saturated carbocycles. The normalized spacial score (nSPS) is 11.2. The van der Waals surface area contributed by atoms with Crippen LogP contribution in [-0.4, -0.2) is 30.7 Å². The maximum atomic E-state index is 13.5. The van der Waals surface area contributed by atoms with E-state index in [-0.39, 0.29) is 17.3 Å². The number of carbonyl (C=O) groups excluding carboxylic acids is 1. The predicted molar refractivity (Wildman–Crippen MR) is 127 cm³/mol. The topological polar surface area (TPSA) is 61.2 Å². The molecule has 0 aliphatic carbocycles. The molecule has 32 heavy (non-hydrogen) atoms. The summed E-state index contributed by atoms with van der Waals surface area (Å²) in [5, 5.41) is 0.478. The minimum absolute atomic E-state index is 0.214. The van der Waals surface area contributed by atoms with Crippen LogP contribution in [0.25, 0.3) is 16.6 Å². The summed E-state index contributed by atoms with van der Waals surface area (Å²) in [6, 6.07) is 11.2. The molecule has 0 bridgehead atoms. The Kier molecular flexibility index (Phi) is 7.26. The molecule has 166 valence electrons. The zero-order chi connectivity index (χ0) is 23.3. The van der Waals surface area contributed by atoms with Gasteiger partial charge in [-0.1, -0.05) is 25.6 Å². The Morgan fingerprint density at radius 2 is 1.84 bits per heavy atom. The van der Waals surface area contributed by atoms with E-state index >= 15 is 0 Å². The van der Waals surface area contributed by atoms with Gasteiger partial charge >= 0.3 is 5.97 Å². The fourth-order valence-electron chi connectivity index (χ4n) is 3.25. The van der Waals surface area contributed by atoms with E-state index < -0.39 is 8.07 Å². The average Bonchev–Trinajstić information content (AvgIpc) is 2.75. The lowest BCUT2D eigenvalue weighted by molar-refractivity contribution is -0.140. The van der Waals surface area contributed by atoms with Crippen molar-refractivity contribution in [3.8, 4) is 17.2 Å². The highest BCUT2D eigenvalue weighted by molar-refractivity contribution is 6.83. The lowest BCUT2D eigenvalue weighted by Crippen LogP contribution is -2.24. The van der Waals surface area contributed by atoms with Gasteiger partial charge in [-0.15, -0.1) is 5.54 Å². The van der Waals surface area contributed by atoms with E-state index in [9.17, 15) is 14.0 Å². The molecule has 0 saturated heterocycles. The molecule has 0 fully saturated rings. The molecule has 0 amide bonds. The summed E-state index contributed by atoms with van der Waals surface area (Å²) in [5.74, 6) is 3.13. The van der Waals surface area contributed by atoms with Crippen molar-refractivity contribution in [1.82, 2.24) is 9.55 Å². The van der Waals surface area contributed by atoms with Crippen LogP contribution in [-0.2, 0) is 16.0 Å². The first kappa shape index (κ1) is 23.4. The highest BCUT2D eigenvalue weighted by Gasteiger charge is 2.14. The van der Waals surface area contributed by atoms with E-state index in [1.165, 1.54) is 23.8 Å². The number of hydrogen-bond acceptors (Lipinski definition) is 4. The molecule has 7 heteroatoms. The van der Waals surface area contributed by atoms with Crippen molar-refractivity contribution in [1.29, 1.82) is 0 Å². The molecule has 0 aliphatic heterocycles. The van der Waals surface area contributed by atoms with Gasteiger partial charge in [0.05, 0.1) is 23.7 Å². The van der Waals surface area contributed by atoms with Gasteiger partial charge in [0.25, 0.3) is 5.56 Å². The van der Waals surface area contributed by atoms with Crippen LogP contribution in [0.15, 0.2) is 47.3 Å². The van der Waals surface area contributed by atoms with Gasteiger partial charge in [-0.2, -0.15) is 0 Å². The maximum Gasteiger partial charge on any atom is 0.305 e. The minimum atomic E-state index is -1.54. The van der Waals surface area contributed by atoms with Crippen LogP contribution < -0.4 is 5.56 Å². The first-order chi connectivity index (χ1) is 15.2. The van der Waals surface area contributed by atoms with Crippen molar-refractivity contribution in [3.63, 3.8) is 0 Å². The van der Waals surface area contributed by atoms with Crippen LogP contribution in [0.3, 0.4) is 0 Å². The van der Waals surface area contributed by atoms with Crippen LogP contribution in [0.4, 0.5) is 4.39 Å². The van der Waals surface area contributed by atoms with Gasteiger partial charge in [0, 0.05) is 18.4 Å². The van der Waals surface area contributed by atoms with E-state index in [0.29, 0.717) is 48.1 Å². The predicted octanol–water partition coefficient (Wildman–Crippen LogP) is 4.64. The molecule has 5 nitrogen and oxygen atoms in total. The van der Waals surface area contributed by atoms with Gasteiger partial charge < -0.3 is 4.74 Å². The summed E-state index contributed by atoms with van der Waals surface area (Å²) >= 11 is 0. The lowest BCUT2D eigenvalue weighted by Gasteiger charge is -2.14. The number of unbranched alkanes of at least 4 members (excludes halogenated alkanes) is 1. The third-order valence-corrected chi connectivity index (χ3v) is 5.74. The van der Waals surface area contributed by atoms with Gasteiger partial charge in [-0.05, 0) is 55.3 Å². The van der Waals surface area contributed by atoms with Gasteiger partial charge in [-0.3, -0.25) is 14.2 Å². The standard InChI is InChI=1S/C25H27FN2O3Si/c1-31-24(29)8-6-5-7-23-27-22-17-18(15-16-32(2,3)4)9-14-21(22)25(30)28(23)20-12-10-19(26)11-13-20/h9-14,17H,5-8H2,1-4H3. The number of carbonyl (C=O) groups is 1. The molecule has 0 atom stereocenters. The van der Waals surface area contributed by atoms with E-state index in [1.807, 2.05) is 12.1 Å². The zero-order valence-electron chi connectivity index (χ0n) is 18.9. The number of methoxy groups -OCH3 is 1. The Bertz CT molecular complexity index is 1250. The first-order valence-corrected chi connectivity index (χ1v) is 14.1. The van der Waals surface area contributed by atoms with Crippen molar-refractivity contribution in [2.75, 3.05) is 7.11 Å². The number of benzene rings is 2. The fourth-order valence-corrected chi connectivity index (χ4v) is 3.77. The molecule has 0 radical (unpaired) electrons. The molecule has 3 rings (SSSR count). The Morgan fingerprint density at radius 3 is 2.50 bits per heavy atom. The van der Waals surface area contributed by atoms with Crippen LogP contribution in [0.1, 0.15) is 30.7 Å². The Balaban J connectivity index is 2.06. The van der Waals surface area contributed by atoms with Crippen molar-refractivity contribution in [2.24, 2.45) is 0 Å². The lowest BCUT2D eigenvalue weighted by atomic mass is 10.1. The Hall–Kier alpha value is -3.24. The number of aromatic nitrogens is 2. The number of aryl methyl sites for hydroxylation is 1. The number of hydrogen-bond donors (Lipinski definition) is 0. The second kappa shape index (κ2) is 9.92. The second-order valence-corrected chi connectivity index (χ2v) is 13.4. The van der Waals surface area contributed by atoms with Crippen molar-refractivity contribution >= 4 is 24.9 Å². The van der Waals surface area contributed by atoms with E-state index in [4.69, 9.17) is 4.98 Å². The summed E-state index contributed by atoms with van der Waals surface area (Å²) in [4.78, 5) is 29.6. The number of rotatable bonds is 6. The molecule has 1 heterocycles. The fraction of sp³-hybridized carbons (Fsp3) is 0.320. The molecule has 1 aromatic heterocycles. The van der Waals surface area contributed by atoms with Crippen molar-refractivity contribution in [2.45, 2.75) is 45.3 Å². The highest BCUT2D eigenvalue weighted by Crippen LogP contribution is 2.17. The summed E-state index contributed by atoms with van der Waals surface area (Å²) in [6.07, 6.45) is 2.07. The highest BCUT2D eigenvalue weighted by atomic mass is 28.3. The summed E-state index contributed by atoms with van der Waals surface area (Å²) in [6.45, 7) is 6.52. The van der Waals surface area contributed by atoms with Gasteiger partial charge in [0.2, 0.25) is 0 Å². The second-order valence-electron chi connectivity index (χ2n) is 8.66. The quantitative estimate of drug-likeness (QED) is 0.238. The molecule has 3 aromatic rings. The molecule has 0 N–H and O–H groups in total. The Morgan fingerprint density at radius 1 is 1.12 bits per heavy atom. The van der Waals surface area contributed by atoms with Crippen LogP contribution in [0.5, 0.6) is 0 Å². The maximum absolute atomic E-state index is 13.5. The zero-order valence-corrected chi connectivity index (χ0v) is 19.9. The smallest absolute Gasteiger partial charge is 0.305 e. The first-order valence-electron chi connectivity index (χ1n) is 10.6. The number of nitrogens with zero attached hydrogens (tertiary/aromatic N) is 2. The summed E-state index contributed by atoms with van der Waals surface area (Å²) < 4.78 is 19.7. The molecule has 0 aliphatic rings. The SMILES string of the molecule is COC(=O)CCCCc1nc2cc(C#C[Si](C)(C)C)ccc2c(=O)n1-c1ccc(F)cc1.